The monoisotopic (exact) mass is 837 g/mol. The summed E-state index contributed by atoms with van der Waals surface area (Å²) in [6.45, 7) is 13.3. The molecule has 2 N–H and O–H groups in total. The fraction of sp³-hybridized carbons (Fsp3) is 0.348. The molecule has 54 heavy (non-hydrogen) atoms. The minimum atomic E-state index is -5.91. The number of benzene rings is 4. The van der Waals surface area contributed by atoms with Crippen molar-refractivity contribution in [3.8, 4) is 22.3 Å². The van der Waals surface area contributed by atoms with Crippen LogP contribution in [-0.4, -0.2) is 17.3 Å². The number of allylic oxidation sites excluding steroid dienone is 2. The molecule has 0 saturated carbocycles. The Kier molecular flexibility index (Phi) is 12.7. The fourth-order valence-corrected chi connectivity index (χ4v) is 30.1. The van der Waals surface area contributed by atoms with E-state index in [9.17, 15) is 9.59 Å². The van der Waals surface area contributed by atoms with Gasteiger partial charge in [0.15, 0.2) is 0 Å². The van der Waals surface area contributed by atoms with Crippen LogP contribution in [0.4, 0.5) is 0 Å². The normalized spacial score (nSPS) is 17.0. The summed E-state index contributed by atoms with van der Waals surface area (Å²) in [5, 5.41) is 6.05. The predicted molar refractivity (Wildman–Crippen MR) is 228 cm³/mol. The van der Waals surface area contributed by atoms with Crippen molar-refractivity contribution >= 4 is 46.5 Å². The van der Waals surface area contributed by atoms with Gasteiger partial charge in [0, 0.05) is 0 Å². The number of amides is 2. The number of carbonyl (C=O) groups is 2. The molecule has 8 heteroatoms. The standard InChI is InChI=1S/2C22H25.C2H3BN2O2.2ClH.Zr/c2*1-4-8-18-9-5-6-11-20(18)21-12-7-10-19-14-17(13-16(2)3)15-22(19)21;6-1-4-3-5-2-7;;;/h2*5-7,9-12,14-16H,4,8,13H2,1-3H3;1-2H,(H-,4,5,6,7);2*1H;/q;;;;;+1/p-1. The summed E-state index contributed by atoms with van der Waals surface area (Å²) in [7, 11) is 17.5. The van der Waals surface area contributed by atoms with Gasteiger partial charge in [0.1, 0.15) is 0 Å². The number of carbonyl (C=O) groups excluding carboxylic acids is 2. The van der Waals surface area contributed by atoms with Crippen molar-refractivity contribution in [2.24, 2.45) is 11.8 Å². The maximum atomic E-state index is 12.6. The Bertz CT molecular complexity index is 1950. The Morgan fingerprint density at radius 1 is 0.611 bits per heavy atom. The third kappa shape index (κ3) is 7.40. The van der Waals surface area contributed by atoms with Crippen LogP contribution in [0.25, 0.3) is 34.4 Å². The van der Waals surface area contributed by atoms with Gasteiger partial charge in [0.2, 0.25) is 0 Å². The molecule has 0 bridgehead atoms. The summed E-state index contributed by atoms with van der Waals surface area (Å²) in [5.41, 5.74) is 14.1. The predicted octanol–water partition coefficient (Wildman–Crippen LogP) is 12.1. The van der Waals surface area contributed by atoms with Crippen LogP contribution in [0.2, 0.25) is 0 Å². The van der Waals surface area contributed by atoms with E-state index in [1.807, 2.05) is 0 Å². The molecule has 0 aromatic heterocycles. The average Bonchev–Trinajstić information content (AvgIpc) is 3.71. The van der Waals surface area contributed by atoms with Crippen LogP contribution in [0.15, 0.2) is 96.1 Å². The Morgan fingerprint density at radius 2 is 1.00 bits per heavy atom. The maximum absolute atomic E-state index is 12.6. The van der Waals surface area contributed by atoms with Crippen molar-refractivity contribution in [2.45, 2.75) is 87.3 Å². The molecule has 0 fully saturated rings. The van der Waals surface area contributed by atoms with Gasteiger partial charge in [-0.15, -0.1) is 0 Å². The van der Waals surface area contributed by atoms with Crippen molar-refractivity contribution in [1.82, 2.24) is 10.5 Å². The summed E-state index contributed by atoms with van der Waals surface area (Å²) < 4.78 is -1.73. The zero-order valence-corrected chi connectivity index (χ0v) is 36.6. The minimum absolute atomic E-state index is 0.316. The van der Waals surface area contributed by atoms with Crippen molar-refractivity contribution in [3.05, 3.63) is 129 Å². The zero-order chi connectivity index (χ0) is 38.6. The zero-order valence-electron chi connectivity index (χ0n) is 32.6. The Morgan fingerprint density at radius 3 is 1.37 bits per heavy atom. The fourth-order valence-electron chi connectivity index (χ4n) is 9.54. The molecule has 4 aromatic rings. The van der Waals surface area contributed by atoms with Crippen LogP contribution in [0.1, 0.15) is 108 Å². The average molecular weight is 840 g/mol. The number of rotatable bonds is 17. The van der Waals surface area contributed by atoms with Crippen molar-refractivity contribution in [2.75, 3.05) is 0 Å². The van der Waals surface area contributed by atoms with Gasteiger partial charge < -0.3 is 0 Å². The van der Waals surface area contributed by atoms with Crippen LogP contribution in [0.3, 0.4) is 0 Å². The van der Waals surface area contributed by atoms with Crippen LogP contribution in [0.5, 0.6) is 0 Å². The molecule has 0 spiro atoms. The Hall–Kier alpha value is -3.17. The van der Waals surface area contributed by atoms with E-state index in [-0.39, 0.29) is 0 Å². The number of aryl methyl sites for hydroxylation is 2. The van der Waals surface area contributed by atoms with E-state index < -0.39 is 27.9 Å². The summed E-state index contributed by atoms with van der Waals surface area (Å²) in [4.78, 5) is 25.2. The number of hydrogen-bond acceptors (Lipinski definition) is 2. The first kappa shape index (κ1) is 40.5. The molecule has 0 saturated heterocycles. The summed E-state index contributed by atoms with van der Waals surface area (Å²) in [6, 6.07) is 30.4. The van der Waals surface area contributed by atoms with Crippen molar-refractivity contribution in [1.29, 1.82) is 0 Å². The molecule has 0 heterocycles. The van der Waals surface area contributed by atoms with Crippen LogP contribution in [0, 0.1) is 11.8 Å². The van der Waals surface area contributed by atoms with Gasteiger partial charge in [-0.3, -0.25) is 0 Å². The first-order chi connectivity index (χ1) is 26.0. The van der Waals surface area contributed by atoms with Crippen molar-refractivity contribution < 1.29 is 25.8 Å². The molecule has 2 atom stereocenters. The van der Waals surface area contributed by atoms with Gasteiger partial charge in [0.25, 0.3) is 0 Å². The molecular weight excluding hydrogens is 785 g/mol. The molecular formula is C46H54BCl2N2O2Zr. The number of nitrogens with one attached hydrogen (secondary N) is 2. The van der Waals surface area contributed by atoms with E-state index in [1.54, 1.807) is 0 Å². The van der Waals surface area contributed by atoms with Gasteiger partial charge in [-0.2, -0.15) is 0 Å². The van der Waals surface area contributed by atoms with Gasteiger partial charge in [0.05, 0.1) is 0 Å². The van der Waals surface area contributed by atoms with E-state index in [0.29, 0.717) is 24.7 Å². The van der Waals surface area contributed by atoms with E-state index in [0.717, 1.165) is 71.9 Å². The van der Waals surface area contributed by atoms with E-state index >= 15 is 0 Å². The molecule has 6 rings (SSSR count). The van der Waals surface area contributed by atoms with Crippen molar-refractivity contribution in [3.63, 3.8) is 0 Å². The molecule has 4 nitrogen and oxygen atoms in total. The van der Waals surface area contributed by atoms with Crippen LogP contribution < -0.4 is 10.5 Å². The van der Waals surface area contributed by atoms with Gasteiger partial charge in [-0.25, -0.2) is 0 Å². The topological polar surface area (TPSA) is 58.2 Å². The second kappa shape index (κ2) is 16.9. The van der Waals surface area contributed by atoms with Crippen LogP contribution >= 0.6 is 17.0 Å². The molecule has 2 aliphatic carbocycles. The molecule has 2 aliphatic rings. The van der Waals surface area contributed by atoms with Gasteiger partial charge >= 0.3 is 334 Å². The number of hydrogen-bond donors (Lipinski definition) is 2. The quantitative estimate of drug-likeness (QED) is 0.0822. The van der Waals surface area contributed by atoms with E-state index in [1.165, 1.54) is 33.4 Å². The second-order valence-electron chi connectivity index (χ2n) is 16.2. The number of halogens is 2. The summed E-state index contributed by atoms with van der Waals surface area (Å²) in [5.74, 6) is 0.632. The molecule has 2 amide bonds. The SMILES string of the molecule is CCCc1ccccc1-c1cccc2c1C=C(CC(C)C)[CH]2[Zr]([Cl])([Cl])([B](NC=O)NC=O)[CH]1C(CC(C)C)=Cc2c(-c3ccccc3CCC)cccc21. The Balaban J connectivity index is 1.68. The van der Waals surface area contributed by atoms with Gasteiger partial charge in [-0.05, 0) is 0 Å². The molecule has 2 unspecified atom stereocenters. The number of fused-ring (bicyclic) bond motifs is 2. The third-order valence-electron chi connectivity index (χ3n) is 11.4. The Labute approximate surface area is 331 Å². The molecule has 0 aliphatic heterocycles. The summed E-state index contributed by atoms with van der Waals surface area (Å²) in [6.07, 6.45) is 11.6. The molecule has 281 valence electrons. The summed E-state index contributed by atoms with van der Waals surface area (Å²) >= 11 is -5.91. The van der Waals surface area contributed by atoms with Gasteiger partial charge in [-0.1, -0.05) is 0 Å². The molecule has 4 aromatic carbocycles. The van der Waals surface area contributed by atoms with E-state index in [4.69, 9.17) is 17.0 Å². The first-order valence-electron chi connectivity index (χ1n) is 19.8. The van der Waals surface area contributed by atoms with Crippen LogP contribution in [-0.2, 0) is 38.6 Å². The van der Waals surface area contributed by atoms with E-state index in [2.05, 4.69) is 149 Å². The second-order valence-corrected chi connectivity index (χ2v) is 37.6. The molecule has 0 radical (unpaired) electrons. The first-order valence-corrected chi connectivity index (χ1v) is 30.4. The third-order valence-corrected chi connectivity index (χ3v) is 31.4.